The molecule has 0 bridgehead atoms. The highest BCUT2D eigenvalue weighted by atomic mass is 19.2. The maximum Gasteiger partial charge on any atom is 0.322 e. The van der Waals surface area contributed by atoms with Gasteiger partial charge in [-0.15, -0.1) is 0 Å². The molecule has 8 heteroatoms. The lowest BCUT2D eigenvalue weighted by Crippen LogP contribution is -2.46. The molecule has 3 fully saturated rings. The third kappa shape index (κ3) is 5.09. The normalized spacial score (nSPS) is 27.2. The van der Waals surface area contributed by atoms with Crippen LogP contribution in [0, 0.1) is 28.9 Å². The number of aliphatic hydroxyl groups is 1. The number of anilines is 1. The number of halogens is 2. The van der Waals surface area contributed by atoms with E-state index in [4.69, 9.17) is 0 Å². The molecule has 1 saturated heterocycles. The summed E-state index contributed by atoms with van der Waals surface area (Å²) in [6.07, 6.45) is 5.01. The fourth-order valence-corrected chi connectivity index (χ4v) is 6.24. The summed E-state index contributed by atoms with van der Waals surface area (Å²) < 4.78 is 27.1. The van der Waals surface area contributed by atoms with Gasteiger partial charge in [0.15, 0.2) is 11.6 Å². The monoisotopic (exact) mass is 494 g/mol. The number of β-amino-alcohol motifs (C(OH)–C–C–N with tert-alkyl or cyclic N) is 1. The van der Waals surface area contributed by atoms with Crippen molar-refractivity contribution in [1.82, 2.24) is 9.80 Å². The minimum absolute atomic E-state index is 0.0549. The van der Waals surface area contributed by atoms with Gasteiger partial charge in [0.05, 0.1) is 17.7 Å². The van der Waals surface area contributed by atoms with Gasteiger partial charge in [0, 0.05) is 37.4 Å². The number of hydrogen-bond acceptors (Lipinski definition) is 4. The number of carbonyl (C=O) groups excluding carboxylic acids is 1. The number of nitriles is 1. The van der Waals surface area contributed by atoms with Crippen LogP contribution in [0.5, 0.6) is 0 Å². The molecule has 36 heavy (non-hydrogen) atoms. The van der Waals surface area contributed by atoms with Crippen molar-refractivity contribution in [3.63, 3.8) is 0 Å². The zero-order valence-electron chi connectivity index (χ0n) is 20.3. The van der Waals surface area contributed by atoms with Gasteiger partial charge < -0.3 is 20.2 Å². The van der Waals surface area contributed by atoms with Gasteiger partial charge in [0.2, 0.25) is 0 Å². The van der Waals surface area contributed by atoms with Gasteiger partial charge in [0.1, 0.15) is 0 Å². The summed E-state index contributed by atoms with van der Waals surface area (Å²) >= 11 is 0. The average Bonchev–Trinajstić information content (AvgIpc) is 3.48. The zero-order chi connectivity index (χ0) is 25.3. The number of rotatable bonds is 7. The summed E-state index contributed by atoms with van der Waals surface area (Å²) in [7, 11) is 0. The van der Waals surface area contributed by atoms with E-state index < -0.39 is 11.6 Å². The summed E-state index contributed by atoms with van der Waals surface area (Å²) in [5, 5.41) is 21.9. The molecule has 5 rings (SSSR count). The molecule has 0 aromatic heterocycles. The van der Waals surface area contributed by atoms with E-state index in [-0.39, 0.29) is 29.3 Å². The third-order valence-electron chi connectivity index (χ3n) is 8.27. The molecule has 2 saturated carbocycles. The van der Waals surface area contributed by atoms with Gasteiger partial charge >= 0.3 is 6.03 Å². The van der Waals surface area contributed by atoms with Crippen LogP contribution in [-0.2, 0) is 5.41 Å². The minimum atomic E-state index is -0.994. The fraction of sp³-hybridized carbons (Fsp3) is 0.500. The largest absolute Gasteiger partial charge is 0.392 e. The second-order valence-electron chi connectivity index (χ2n) is 10.5. The number of urea groups is 1. The van der Waals surface area contributed by atoms with Crippen molar-refractivity contribution in [3.8, 4) is 6.07 Å². The molecule has 6 nitrogen and oxygen atoms in total. The number of benzene rings is 2. The molecule has 4 atom stereocenters. The van der Waals surface area contributed by atoms with E-state index in [2.05, 4.69) is 22.4 Å². The van der Waals surface area contributed by atoms with E-state index in [0.29, 0.717) is 24.6 Å². The Labute approximate surface area is 210 Å². The summed E-state index contributed by atoms with van der Waals surface area (Å²) in [4.78, 5) is 17.4. The van der Waals surface area contributed by atoms with Crippen molar-refractivity contribution in [2.45, 2.75) is 56.1 Å². The van der Waals surface area contributed by atoms with Crippen LogP contribution in [0.4, 0.5) is 19.3 Å². The molecule has 2 amide bonds. The Morgan fingerprint density at radius 3 is 2.81 bits per heavy atom. The lowest BCUT2D eigenvalue weighted by molar-refractivity contribution is 0.151. The number of nitrogens with zero attached hydrogens (tertiary/aromatic N) is 3. The van der Waals surface area contributed by atoms with E-state index >= 15 is 0 Å². The highest BCUT2D eigenvalue weighted by Crippen LogP contribution is 2.62. The number of carbonyl (C=O) groups is 1. The predicted molar refractivity (Wildman–Crippen MR) is 132 cm³/mol. The van der Waals surface area contributed by atoms with Crippen molar-refractivity contribution in [2.75, 3.05) is 31.5 Å². The molecule has 1 unspecified atom stereocenters. The quantitative estimate of drug-likeness (QED) is 0.588. The van der Waals surface area contributed by atoms with Crippen LogP contribution in [-0.4, -0.2) is 59.3 Å². The smallest absolute Gasteiger partial charge is 0.322 e. The van der Waals surface area contributed by atoms with E-state index in [9.17, 15) is 23.9 Å². The maximum atomic E-state index is 13.7. The van der Waals surface area contributed by atoms with Crippen LogP contribution < -0.4 is 5.32 Å². The molecule has 2 aliphatic carbocycles. The van der Waals surface area contributed by atoms with Crippen LogP contribution in [0.2, 0.25) is 0 Å². The standard InChI is InChI=1S/C28H32F2N4O2/c29-25-6-5-22(15-26(25)30)32-27(36)34(11-2-10-33-12-8-24(35)18-33)23-7-9-28(16-21(28)14-23)20-4-1-3-19(13-20)17-31/h1,3-6,13,15,21,23-24,35H,2,7-12,14,16,18H2,(H,32,36)/t21?,23-,24+,28-/m1/s1. The second-order valence-corrected chi connectivity index (χ2v) is 10.5. The van der Waals surface area contributed by atoms with Crippen LogP contribution >= 0.6 is 0 Å². The molecule has 0 spiro atoms. The SMILES string of the molecule is N#Cc1cccc([C@]23CC[C@@H](N(CCCN4CC[C@H](O)C4)C(=O)Nc4ccc(F)c(F)c4)CC2C3)c1. The van der Waals surface area contributed by atoms with Crippen LogP contribution in [0.25, 0.3) is 0 Å². The number of hydrogen-bond donors (Lipinski definition) is 2. The van der Waals surface area contributed by atoms with Crippen LogP contribution in [0.15, 0.2) is 42.5 Å². The average molecular weight is 495 g/mol. The lowest BCUT2D eigenvalue weighted by atomic mass is 9.80. The first-order valence-corrected chi connectivity index (χ1v) is 12.8. The second kappa shape index (κ2) is 10.2. The van der Waals surface area contributed by atoms with Gasteiger partial charge in [-0.1, -0.05) is 12.1 Å². The molecule has 1 aliphatic heterocycles. The fourth-order valence-electron chi connectivity index (χ4n) is 6.24. The highest BCUT2D eigenvalue weighted by Gasteiger charge is 2.58. The Balaban J connectivity index is 1.27. The molecule has 2 aromatic carbocycles. The summed E-state index contributed by atoms with van der Waals surface area (Å²) in [6, 6.07) is 13.3. The first kappa shape index (κ1) is 24.7. The Morgan fingerprint density at radius 2 is 2.08 bits per heavy atom. The van der Waals surface area contributed by atoms with Crippen molar-refractivity contribution in [1.29, 1.82) is 5.26 Å². The summed E-state index contributed by atoms with van der Waals surface area (Å²) in [6.45, 7) is 2.87. The molecule has 190 valence electrons. The number of likely N-dealkylation sites (tertiary alicyclic amines) is 1. The van der Waals surface area contributed by atoms with Gasteiger partial charge in [0.25, 0.3) is 0 Å². The molecule has 1 heterocycles. The Morgan fingerprint density at radius 1 is 1.22 bits per heavy atom. The van der Waals surface area contributed by atoms with Gasteiger partial charge in [-0.3, -0.25) is 0 Å². The first-order valence-electron chi connectivity index (χ1n) is 12.8. The van der Waals surface area contributed by atoms with Gasteiger partial charge in [-0.2, -0.15) is 5.26 Å². The summed E-state index contributed by atoms with van der Waals surface area (Å²) in [5.74, 6) is -1.49. The van der Waals surface area contributed by atoms with Crippen LogP contribution in [0.1, 0.15) is 49.7 Å². The first-order chi connectivity index (χ1) is 17.4. The molecular formula is C28H32F2N4O2. The van der Waals surface area contributed by atoms with Crippen molar-refractivity contribution >= 4 is 11.7 Å². The topological polar surface area (TPSA) is 79.6 Å². The zero-order valence-corrected chi connectivity index (χ0v) is 20.3. The maximum absolute atomic E-state index is 13.7. The number of aliphatic hydroxyl groups excluding tert-OH is 1. The summed E-state index contributed by atoms with van der Waals surface area (Å²) in [5.41, 5.74) is 2.22. The Bertz CT molecular complexity index is 1170. The van der Waals surface area contributed by atoms with Gasteiger partial charge in [-0.25, -0.2) is 13.6 Å². The molecule has 0 radical (unpaired) electrons. The number of nitrogens with one attached hydrogen (secondary N) is 1. The molecule has 3 aliphatic rings. The molecule has 2 N–H and O–H groups in total. The van der Waals surface area contributed by atoms with E-state index in [1.54, 1.807) is 0 Å². The van der Waals surface area contributed by atoms with Crippen LogP contribution in [0.3, 0.4) is 0 Å². The van der Waals surface area contributed by atoms with Crippen molar-refractivity contribution in [2.24, 2.45) is 5.92 Å². The Kier molecular flexibility index (Phi) is 6.96. The van der Waals surface area contributed by atoms with Gasteiger partial charge in [-0.05, 0) is 86.2 Å². The van der Waals surface area contributed by atoms with E-state index in [1.165, 1.54) is 11.6 Å². The lowest BCUT2D eigenvalue weighted by Gasteiger charge is -2.37. The minimum Gasteiger partial charge on any atom is -0.392 e. The molecular weight excluding hydrogens is 462 g/mol. The highest BCUT2D eigenvalue weighted by molar-refractivity contribution is 5.89. The third-order valence-corrected chi connectivity index (χ3v) is 8.27. The Hall–Kier alpha value is -3.02. The number of fused-ring (bicyclic) bond motifs is 1. The van der Waals surface area contributed by atoms with Crippen molar-refractivity contribution < 1.29 is 18.7 Å². The molecule has 2 aromatic rings. The predicted octanol–water partition coefficient (Wildman–Crippen LogP) is 4.64. The van der Waals surface area contributed by atoms with E-state index in [0.717, 1.165) is 63.7 Å². The van der Waals surface area contributed by atoms with Crippen molar-refractivity contribution in [3.05, 3.63) is 65.2 Å². The number of amides is 2. The van der Waals surface area contributed by atoms with E-state index in [1.807, 2.05) is 23.1 Å².